The largest absolute Gasteiger partial charge is 0.340 e. The van der Waals surface area contributed by atoms with E-state index in [-0.39, 0.29) is 11.9 Å². The molecule has 1 N–H and O–H groups in total. The highest BCUT2D eigenvalue weighted by atomic mass is 16.2. The number of benzene rings is 2. The summed E-state index contributed by atoms with van der Waals surface area (Å²) >= 11 is 0. The summed E-state index contributed by atoms with van der Waals surface area (Å²) in [6.07, 6.45) is 5.62. The smallest absolute Gasteiger partial charge is 0.227 e. The van der Waals surface area contributed by atoms with Gasteiger partial charge in [0.2, 0.25) is 5.91 Å². The Morgan fingerprint density at radius 1 is 1.03 bits per heavy atom. The SMILES string of the molecule is CN1CCN(C(=O)Cc2ccccc2)C(c2ncc(-c3ccc4nccnc4c3)[nH]2)C1. The van der Waals surface area contributed by atoms with Crippen molar-refractivity contribution in [1.82, 2.24) is 29.7 Å². The Labute approximate surface area is 180 Å². The molecule has 5 rings (SSSR count). The first kappa shape index (κ1) is 19.4. The van der Waals surface area contributed by atoms with E-state index < -0.39 is 0 Å². The third kappa shape index (κ3) is 4.04. The second-order valence-electron chi connectivity index (χ2n) is 7.97. The van der Waals surface area contributed by atoms with Gasteiger partial charge in [0.25, 0.3) is 0 Å². The molecule has 1 fully saturated rings. The molecule has 31 heavy (non-hydrogen) atoms. The molecule has 1 saturated heterocycles. The van der Waals surface area contributed by atoms with Crippen LogP contribution in [0.5, 0.6) is 0 Å². The molecule has 7 nitrogen and oxygen atoms in total. The number of piperazine rings is 1. The van der Waals surface area contributed by atoms with Crippen LogP contribution >= 0.6 is 0 Å². The van der Waals surface area contributed by atoms with Crippen LogP contribution in [0.2, 0.25) is 0 Å². The molecular formula is C24H24N6O. The van der Waals surface area contributed by atoms with Gasteiger partial charge in [-0.25, -0.2) is 4.98 Å². The van der Waals surface area contributed by atoms with Crippen LogP contribution in [0.4, 0.5) is 0 Å². The van der Waals surface area contributed by atoms with Crippen molar-refractivity contribution in [2.24, 2.45) is 0 Å². The molecule has 3 heterocycles. The molecule has 0 spiro atoms. The molecule has 1 atom stereocenters. The number of fused-ring (bicyclic) bond motifs is 1. The summed E-state index contributed by atoms with van der Waals surface area (Å²) in [6.45, 7) is 2.29. The Balaban J connectivity index is 1.41. The van der Waals surface area contributed by atoms with E-state index in [1.165, 1.54) is 0 Å². The topological polar surface area (TPSA) is 78.0 Å². The molecule has 4 aromatic rings. The Hall–Kier alpha value is -3.58. The van der Waals surface area contributed by atoms with E-state index in [0.717, 1.165) is 46.8 Å². The number of carbonyl (C=O) groups is 1. The van der Waals surface area contributed by atoms with Gasteiger partial charge < -0.3 is 14.8 Å². The quantitative estimate of drug-likeness (QED) is 0.557. The van der Waals surface area contributed by atoms with Gasteiger partial charge in [-0.3, -0.25) is 14.8 Å². The van der Waals surface area contributed by atoms with Crippen molar-refractivity contribution in [3.8, 4) is 11.3 Å². The fourth-order valence-electron chi connectivity index (χ4n) is 4.11. The second-order valence-corrected chi connectivity index (χ2v) is 7.97. The Morgan fingerprint density at radius 2 is 1.84 bits per heavy atom. The van der Waals surface area contributed by atoms with Crippen molar-refractivity contribution in [3.05, 3.63) is 78.5 Å². The third-order valence-electron chi connectivity index (χ3n) is 5.79. The monoisotopic (exact) mass is 412 g/mol. The molecule has 1 aliphatic heterocycles. The molecule has 0 radical (unpaired) electrons. The number of nitrogens with zero attached hydrogens (tertiary/aromatic N) is 5. The van der Waals surface area contributed by atoms with Crippen LogP contribution in [0, 0.1) is 0 Å². The molecule has 0 bridgehead atoms. The van der Waals surface area contributed by atoms with E-state index >= 15 is 0 Å². The summed E-state index contributed by atoms with van der Waals surface area (Å²) in [5, 5.41) is 0. The van der Waals surface area contributed by atoms with Gasteiger partial charge in [0.05, 0.1) is 29.3 Å². The summed E-state index contributed by atoms with van der Waals surface area (Å²) in [6, 6.07) is 15.8. The van der Waals surface area contributed by atoms with Gasteiger partial charge in [-0.05, 0) is 24.7 Å². The second kappa shape index (κ2) is 8.28. The lowest BCUT2D eigenvalue weighted by Crippen LogP contribution is -2.50. The predicted molar refractivity (Wildman–Crippen MR) is 119 cm³/mol. The maximum atomic E-state index is 13.1. The van der Waals surface area contributed by atoms with Crippen LogP contribution in [0.3, 0.4) is 0 Å². The number of amides is 1. The first-order chi connectivity index (χ1) is 15.2. The molecule has 7 heteroatoms. The van der Waals surface area contributed by atoms with Crippen LogP contribution in [0.25, 0.3) is 22.3 Å². The molecule has 0 saturated carbocycles. The lowest BCUT2D eigenvalue weighted by Gasteiger charge is -2.39. The molecule has 1 unspecified atom stereocenters. The molecule has 2 aromatic carbocycles. The first-order valence-electron chi connectivity index (χ1n) is 10.5. The Bertz CT molecular complexity index is 1200. The number of imidazole rings is 1. The van der Waals surface area contributed by atoms with Crippen LogP contribution < -0.4 is 0 Å². The standard InChI is InChI=1S/C24H24N6O/c1-29-11-12-30(23(31)13-17-5-3-2-4-6-17)22(16-29)24-27-15-21(28-24)18-7-8-19-20(14-18)26-10-9-25-19/h2-10,14-15,22H,11-13,16H2,1H3,(H,27,28). The maximum absolute atomic E-state index is 13.1. The van der Waals surface area contributed by atoms with Crippen molar-refractivity contribution in [1.29, 1.82) is 0 Å². The highest BCUT2D eigenvalue weighted by Crippen LogP contribution is 2.27. The van der Waals surface area contributed by atoms with E-state index in [4.69, 9.17) is 0 Å². The Kier molecular flexibility index (Phi) is 5.18. The van der Waals surface area contributed by atoms with E-state index in [0.29, 0.717) is 13.0 Å². The van der Waals surface area contributed by atoms with Crippen molar-refractivity contribution in [2.45, 2.75) is 12.5 Å². The summed E-state index contributed by atoms with van der Waals surface area (Å²) in [4.78, 5) is 34.2. The van der Waals surface area contributed by atoms with Gasteiger partial charge in [-0.2, -0.15) is 0 Å². The molecule has 1 amide bonds. The number of hydrogen-bond acceptors (Lipinski definition) is 5. The average molecular weight is 412 g/mol. The van der Waals surface area contributed by atoms with E-state index in [9.17, 15) is 4.79 Å². The normalized spacial score (nSPS) is 17.2. The van der Waals surface area contributed by atoms with Crippen LogP contribution in [0.1, 0.15) is 17.4 Å². The number of aromatic nitrogens is 4. The third-order valence-corrected chi connectivity index (χ3v) is 5.79. The molecule has 2 aromatic heterocycles. The number of rotatable bonds is 4. The zero-order valence-corrected chi connectivity index (χ0v) is 17.4. The summed E-state index contributed by atoms with van der Waals surface area (Å²) < 4.78 is 0. The summed E-state index contributed by atoms with van der Waals surface area (Å²) in [5.74, 6) is 0.936. The molecule has 1 aliphatic rings. The van der Waals surface area contributed by atoms with Crippen LogP contribution in [-0.2, 0) is 11.2 Å². The lowest BCUT2D eigenvalue weighted by atomic mass is 10.1. The zero-order chi connectivity index (χ0) is 21.2. The van der Waals surface area contributed by atoms with Crippen LogP contribution in [0.15, 0.2) is 67.1 Å². The van der Waals surface area contributed by atoms with Gasteiger partial charge in [0.1, 0.15) is 11.9 Å². The average Bonchev–Trinajstić information content (AvgIpc) is 3.29. The van der Waals surface area contributed by atoms with E-state index in [1.54, 1.807) is 12.4 Å². The summed E-state index contributed by atoms with van der Waals surface area (Å²) in [7, 11) is 2.08. The highest BCUT2D eigenvalue weighted by molar-refractivity contribution is 5.80. The Morgan fingerprint density at radius 3 is 2.68 bits per heavy atom. The maximum Gasteiger partial charge on any atom is 0.227 e. The van der Waals surface area contributed by atoms with E-state index in [1.807, 2.05) is 59.6 Å². The van der Waals surface area contributed by atoms with Gasteiger partial charge >= 0.3 is 0 Å². The molecule has 156 valence electrons. The van der Waals surface area contributed by atoms with Gasteiger partial charge in [0.15, 0.2) is 0 Å². The number of aromatic amines is 1. The predicted octanol–water partition coefficient (Wildman–Crippen LogP) is 3.08. The highest BCUT2D eigenvalue weighted by Gasteiger charge is 2.32. The zero-order valence-electron chi connectivity index (χ0n) is 17.4. The number of hydrogen-bond donors (Lipinski definition) is 1. The molecule has 0 aliphatic carbocycles. The van der Waals surface area contributed by atoms with Crippen LogP contribution in [-0.4, -0.2) is 62.3 Å². The minimum Gasteiger partial charge on any atom is -0.340 e. The van der Waals surface area contributed by atoms with E-state index in [2.05, 4.69) is 31.9 Å². The first-order valence-corrected chi connectivity index (χ1v) is 10.5. The van der Waals surface area contributed by atoms with Gasteiger partial charge in [-0.1, -0.05) is 36.4 Å². The van der Waals surface area contributed by atoms with Crippen molar-refractivity contribution < 1.29 is 4.79 Å². The number of likely N-dealkylation sites (N-methyl/N-ethyl adjacent to an activating group) is 1. The minimum atomic E-state index is -0.107. The number of H-pyrrole nitrogens is 1. The van der Waals surface area contributed by atoms with Crippen molar-refractivity contribution >= 4 is 16.9 Å². The number of nitrogens with one attached hydrogen (secondary N) is 1. The van der Waals surface area contributed by atoms with Crippen molar-refractivity contribution in [3.63, 3.8) is 0 Å². The molecular weight excluding hydrogens is 388 g/mol. The number of carbonyl (C=O) groups excluding carboxylic acids is 1. The fourth-order valence-corrected chi connectivity index (χ4v) is 4.11. The summed E-state index contributed by atoms with van der Waals surface area (Å²) in [5.41, 5.74) is 4.64. The van der Waals surface area contributed by atoms with Gasteiger partial charge in [-0.15, -0.1) is 0 Å². The minimum absolute atomic E-state index is 0.107. The lowest BCUT2D eigenvalue weighted by molar-refractivity contribution is -0.135. The van der Waals surface area contributed by atoms with Crippen molar-refractivity contribution in [2.75, 3.05) is 26.7 Å². The van der Waals surface area contributed by atoms with Gasteiger partial charge in [0, 0.05) is 37.6 Å². The fraction of sp³-hybridized carbons (Fsp3) is 0.250.